The molecule has 0 aliphatic carbocycles. The largest absolute Gasteiger partial charge is 0.319 e. The molecule has 94 valence electrons. The van der Waals surface area contributed by atoms with Gasteiger partial charge in [-0.15, -0.1) is 11.3 Å². The normalized spacial score (nSPS) is 10.4. The first-order chi connectivity index (χ1) is 8.47. The van der Waals surface area contributed by atoms with Gasteiger partial charge in [0, 0.05) is 13.4 Å². The van der Waals surface area contributed by atoms with Crippen LogP contribution in [0.5, 0.6) is 0 Å². The zero-order valence-corrected chi connectivity index (χ0v) is 15.8. The molecule has 0 spiro atoms. The summed E-state index contributed by atoms with van der Waals surface area (Å²) in [6, 6.07) is 7.39. The van der Waals surface area contributed by atoms with Gasteiger partial charge < -0.3 is 5.32 Å². The van der Waals surface area contributed by atoms with Gasteiger partial charge in [-0.1, -0.05) is 15.9 Å². The van der Waals surface area contributed by atoms with Crippen LogP contribution in [0.3, 0.4) is 0 Å². The van der Waals surface area contributed by atoms with E-state index in [0.717, 1.165) is 17.2 Å². The molecule has 1 aromatic carbocycles. The van der Waals surface area contributed by atoms with Crippen LogP contribution < -0.4 is 5.32 Å². The SMILES string of the molecule is O=C(Nc1c(Br)cc(Br)cc1Br)c1ccc(Br)s1. The van der Waals surface area contributed by atoms with Crippen molar-refractivity contribution in [1.82, 2.24) is 0 Å². The second kappa shape index (κ2) is 6.17. The van der Waals surface area contributed by atoms with Gasteiger partial charge in [0.15, 0.2) is 0 Å². The molecule has 2 aromatic rings. The molecule has 7 heteroatoms. The average molecular weight is 519 g/mol. The first-order valence-corrected chi connectivity index (χ1v) is 8.67. The number of hydrogen-bond acceptors (Lipinski definition) is 2. The Bertz CT molecular complexity index is 588. The molecule has 1 heterocycles. The van der Waals surface area contributed by atoms with Crippen LogP contribution in [0, 0.1) is 0 Å². The van der Waals surface area contributed by atoms with Crippen molar-refractivity contribution < 1.29 is 4.79 Å². The van der Waals surface area contributed by atoms with Crippen LogP contribution in [0.2, 0.25) is 0 Å². The quantitative estimate of drug-likeness (QED) is 0.515. The molecular formula is C11H5Br4NOS. The molecule has 2 nitrogen and oxygen atoms in total. The fourth-order valence-electron chi connectivity index (χ4n) is 1.27. The van der Waals surface area contributed by atoms with Crippen molar-refractivity contribution >= 4 is 86.7 Å². The van der Waals surface area contributed by atoms with Crippen LogP contribution in [0.4, 0.5) is 5.69 Å². The van der Waals surface area contributed by atoms with E-state index in [1.807, 2.05) is 18.2 Å². The molecule has 0 radical (unpaired) electrons. The van der Waals surface area contributed by atoms with Crippen LogP contribution in [0.25, 0.3) is 0 Å². The van der Waals surface area contributed by atoms with Gasteiger partial charge in [0.1, 0.15) is 0 Å². The first kappa shape index (κ1) is 14.7. The molecule has 0 bridgehead atoms. The Morgan fingerprint density at radius 1 is 1.06 bits per heavy atom. The second-order valence-electron chi connectivity index (χ2n) is 3.30. The van der Waals surface area contributed by atoms with E-state index in [9.17, 15) is 4.79 Å². The summed E-state index contributed by atoms with van der Waals surface area (Å²) in [5.41, 5.74) is 0.715. The van der Waals surface area contributed by atoms with Crippen LogP contribution in [0.15, 0.2) is 41.5 Å². The highest BCUT2D eigenvalue weighted by molar-refractivity contribution is 9.12. The molecule has 2 rings (SSSR count). The molecule has 0 aliphatic rings. The van der Waals surface area contributed by atoms with Crippen molar-refractivity contribution in [3.63, 3.8) is 0 Å². The molecule has 0 fully saturated rings. The molecule has 0 atom stereocenters. The Kier molecular flexibility index (Phi) is 5.05. The lowest BCUT2D eigenvalue weighted by molar-refractivity contribution is 0.103. The van der Waals surface area contributed by atoms with Crippen molar-refractivity contribution in [1.29, 1.82) is 0 Å². The van der Waals surface area contributed by atoms with Crippen molar-refractivity contribution in [3.05, 3.63) is 46.3 Å². The molecule has 18 heavy (non-hydrogen) atoms. The molecule has 0 saturated carbocycles. The lowest BCUT2D eigenvalue weighted by Gasteiger charge is -2.09. The van der Waals surface area contributed by atoms with Crippen LogP contribution in [-0.4, -0.2) is 5.91 Å². The summed E-state index contributed by atoms with van der Waals surface area (Å²) in [5, 5.41) is 2.87. The van der Waals surface area contributed by atoms with Crippen LogP contribution in [-0.2, 0) is 0 Å². The topological polar surface area (TPSA) is 29.1 Å². The Balaban J connectivity index is 2.27. The van der Waals surface area contributed by atoms with Gasteiger partial charge in [0.2, 0.25) is 0 Å². The van der Waals surface area contributed by atoms with E-state index in [2.05, 4.69) is 69.0 Å². The minimum atomic E-state index is -0.130. The smallest absolute Gasteiger partial charge is 0.265 e. The Morgan fingerprint density at radius 2 is 1.67 bits per heavy atom. The van der Waals surface area contributed by atoms with Gasteiger partial charge in [-0.05, 0) is 72.1 Å². The molecular weight excluding hydrogens is 514 g/mol. The predicted octanol–water partition coefficient (Wildman–Crippen LogP) is 6.05. The van der Waals surface area contributed by atoms with Gasteiger partial charge in [0.25, 0.3) is 5.91 Å². The van der Waals surface area contributed by atoms with Crippen LogP contribution in [0.1, 0.15) is 9.67 Å². The van der Waals surface area contributed by atoms with E-state index >= 15 is 0 Å². The minimum Gasteiger partial charge on any atom is -0.319 e. The maximum absolute atomic E-state index is 12.0. The molecule has 1 amide bonds. The van der Waals surface area contributed by atoms with Gasteiger partial charge in [-0.25, -0.2) is 0 Å². The average Bonchev–Trinajstić information content (AvgIpc) is 2.70. The summed E-state index contributed by atoms with van der Waals surface area (Å²) in [4.78, 5) is 12.7. The first-order valence-electron chi connectivity index (χ1n) is 4.68. The van der Waals surface area contributed by atoms with E-state index in [4.69, 9.17) is 0 Å². The van der Waals surface area contributed by atoms with E-state index in [1.165, 1.54) is 11.3 Å². The number of anilines is 1. The number of nitrogens with one attached hydrogen (secondary N) is 1. The van der Waals surface area contributed by atoms with E-state index in [1.54, 1.807) is 6.07 Å². The van der Waals surface area contributed by atoms with Gasteiger partial charge in [0.05, 0.1) is 14.4 Å². The summed E-state index contributed by atoms with van der Waals surface area (Å²) in [6.07, 6.45) is 0. The fraction of sp³-hybridized carbons (Fsp3) is 0. The van der Waals surface area contributed by atoms with Crippen molar-refractivity contribution in [3.8, 4) is 0 Å². The zero-order chi connectivity index (χ0) is 13.3. The number of amides is 1. The summed E-state index contributed by atoms with van der Waals surface area (Å²) >= 11 is 15.0. The summed E-state index contributed by atoms with van der Waals surface area (Å²) in [6.45, 7) is 0. The molecule has 1 aromatic heterocycles. The third kappa shape index (κ3) is 3.45. The third-order valence-corrected chi connectivity index (χ3v) is 5.37. The Morgan fingerprint density at radius 3 is 2.17 bits per heavy atom. The van der Waals surface area contributed by atoms with Crippen molar-refractivity contribution in [2.75, 3.05) is 5.32 Å². The predicted molar refractivity (Wildman–Crippen MR) is 89.5 cm³/mol. The molecule has 0 saturated heterocycles. The van der Waals surface area contributed by atoms with Gasteiger partial charge in [-0.2, -0.15) is 0 Å². The van der Waals surface area contributed by atoms with Gasteiger partial charge >= 0.3 is 0 Å². The van der Waals surface area contributed by atoms with Crippen LogP contribution >= 0.6 is 75.1 Å². The Hall–Kier alpha value is 0.310. The second-order valence-corrected chi connectivity index (χ2v) is 8.39. The highest BCUT2D eigenvalue weighted by Gasteiger charge is 2.13. The zero-order valence-electron chi connectivity index (χ0n) is 8.64. The number of hydrogen-bond donors (Lipinski definition) is 1. The van der Waals surface area contributed by atoms with E-state index in [0.29, 0.717) is 10.6 Å². The highest BCUT2D eigenvalue weighted by Crippen LogP contribution is 2.35. The Labute approximate surface area is 142 Å². The summed E-state index contributed by atoms with van der Waals surface area (Å²) < 4.78 is 3.49. The molecule has 1 N–H and O–H groups in total. The van der Waals surface area contributed by atoms with Gasteiger partial charge in [-0.3, -0.25) is 4.79 Å². The number of rotatable bonds is 2. The number of carbonyl (C=O) groups excluding carboxylic acids is 1. The molecule has 0 unspecified atom stereocenters. The highest BCUT2D eigenvalue weighted by atomic mass is 79.9. The third-order valence-electron chi connectivity index (χ3n) is 2.04. The lowest BCUT2D eigenvalue weighted by Crippen LogP contribution is -2.11. The standard InChI is InChI=1S/C11H5Br4NOS/c12-5-3-6(13)10(7(14)4-5)16-11(17)8-1-2-9(15)18-8/h1-4H,(H,16,17). The summed E-state index contributed by atoms with van der Waals surface area (Å²) in [5.74, 6) is -0.130. The van der Waals surface area contributed by atoms with E-state index < -0.39 is 0 Å². The maximum Gasteiger partial charge on any atom is 0.265 e. The fourth-order valence-corrected chi connectivity index (χ4v) is 5.01. The maximum atomic E-state index is 12.0. The number of thiophene rings is 1. The van der Waals surface area contributed by atoms with Crippen molar-refractivity contribution in [2.45, 2.75) is 0 Å². The molecule has 0 aliphatic heterocycles. The summed E-state index contributed by atoms with van der Waals surface area (Å²) in [7, 11) is 0. The monoisotopic (exact) mass is 515 g/mol. The number of benzene rings is 1. The minimum absolute atomic E-state index is 0.130. The lowest BCUT2D eigenvalue weighted by atomic mass is 10.3. The van der Waals surface area contributed by atoms with Crippen molar-refractivity contribution in [2.24, 2.45) is 0 Å². The number of halogens is 4. The van der Waals surface area contributed by atoms with E-state index in [-0.39, 0.29) is 5.91 Å². The number of carbonyl (C=O) groups is 1.